The number of nitrogens with two attached hydrogens (primary N) is 1. The van der Waals surface area contributed by atoms with Crippen LogP contribution in [-0.2, 0) is 6.42 Å². The van der Waals surface area contributed by atoms with Gasteiger partial charge >= 0.3 is 0 Å². The third-order valence-corrected chi connectivity index (χ3v) is 3.98. The van der Waals surface area contributed by atoms with Crippen molar-refractivity contribution in [3.05, 3.63) is 29.3 Å². The molecule has 1 aromatic rings. The molecule has 0 amide bonds. The van der Waals surface area contributed by atoms with Gasteiger partial charge in [-0.3, -0.25) is 0 Å². The Bertz CT molecular complexity index is 391. The topological polar surface area (TPSA) is 29.3 Å². The first-order chi connectivity index (χ1) is 8.27. The van der Waals surface area contributed by atoms with Crippen molar-refractivity contribution in [3.63, 3.8) is 0 Å². The van der Waals surface area contributed by atoms with Crippen LogP contribution in [-0.4, -0.2) is 19.6 Å². The van der Waals surface area contributed by atoms with E-state index in [0.717, 1.165) is 6.42 Å². The summed E-state index contributed by atoms with van der Waals surface area (Å²) in [5, 5.41) is 0. The average Bonchev–Trinajstić information content (AvgIpc) is 2.29. The Morgan fingerprint density at radius 2 is 1.89 bits per heavy atom. The summed E-state index contributed by atoms with van der Waals surface area (Å²) in [4.78, 5) is 2.36. The quantitative estimate of drug-likeness (QED) is 0.885. The molecule has 1 unspecified atom stereocenters. The Labute approximate surface area is 112 Å². The minimum absolute atomic E-state index is 0.276. The molecular weight excluding hydrogens is 220 g/mol. The Kier molecular flexibility index (Phi) is 4.80. The zero-order valence-corrected chi connectivity index (χ0v) is 12.7. The second-order valence-electron chi connectivity index (χ2n) is 6.30. The number of nitrogens with zero attached hydrogens (tertiary/aromatic N) is 1. The molecule has 0 aliphatic rings. The van der Waals surface area contributed by atoms with Crippen LogP contribution in [0.2, 0.25) is 0 Å². The molecule has 1 atom stereocenters. The molecule has 2 N–H and O–H groups in total. The van der Waals surface area contributed by atoms with Crippen LogP contribution in [0.5, 0.6) is 0 Å². The monoisotopic (exact) mass is 248 g/mol. The molecule has 0 spiro atoms. The van der Waals surface area contributed by atoms with E-state index >= 15 is 0 Å². The first kappa shape index (κ1) is 15.0. The highest BCUT2D eigenvalue weighted by atomic mass is 15.1. The van der Waals surface area contributed by atoms with E-state index < -0.39 is 0 Å². The molecule has 0 saturated heterocycles. The minimum Gasteiger partial charge on any atom is -0.371 e. The van der Waals surface area contributed by atoms with Crippen LogP contribution in [0.3, 0.4) is 0 Å². The Hall–Kier alpha value is -1.02. The van der Waals surface area contributed by atoms with Crippen molar-refractivity contribution in [3.8, 4) is 0 Å². The predicted octanol–water partition coefficient (Wildman–Crippen LogP) is 3.37. The molecule has 1 rings (SSSR count). The molecule has 0 aliphatic heterocycles. The lowest BCUT2D eigenvalue weighted by Crippen LogP contribution is -2.39. The molecule has 0 fully saturated rings. The van der Waals surface area contributed by atoms with Gasteiger partial charge in [-0.05, 0) is 55.5 Å². The van der Waals surface area contributed by atoms with Gasteiger partial charge in [0.2, 0.25) is 0 Å². The normalized spacial score (nSPS) is 13.5. The van der Waals surface area contributed by atoms with Gasteiger partial charge in [0, 0.05) is 18.8 Å². The first-order valence-electron chi connectivity index (χ1n) is 6.79. The van der Waals surface area contributed by atoms with Gasteiger partial charge in [-0.25, -0.2) is 0 Å². The van der Waals surface area contributed by atoms with Crippen LogP contribution in [0.25, 0.3) is 0 Å². The van der Waals surface area contributed by atoms with Gasteiger partial charge < -0.3 is 10.6 Å². The van der Waals surface area contributed by atoms with Gasteiger partial charge in [-0.1, -0.05) is 26.8 Å². The van der Waals surface area contributed by atoms with Gasteiger partial charge in [-0.2, -0.15) is 0 Å². The van der Waals surface area contributed by atoms with Crippen LogP contribution in [0, 0.1) is 12.3 Å². The van der Waals surface area contributed by atoms with Crippen molar-refractivity contribution in [1.82, 2.24) is 0 Å². The molecule has 0 heterocycles. The van der Waals surface area contributed by atoms with Crippen molar-refractivity contribution >= 4 is 5.69 Å². The van der Waals surface area contributed by atoms with Gasteiger partial charge in [0.25, 0.3) is 0 Å². The number of aryl methyl sites for hydroxylation is 1. The third kappa shape index (κ3) is 3.49. The lowest BCUT2D eigenvalue weighted by molar-refractivity contribution is 0.330. The summed E-state index contributed by atoms with van der Waals surface area (Å²) >= 11 is 0. The lowest BCUT2D eigenvalue weighted by Gasteiger charge is -2.37. The lowest BCUT2D eigenvalue weighted by atomic mass is 9.87. The van der Waals surface area contributed by atoms with E-state index in [1.165, 1.54) is 16.8 Å². The minimum atomic E-state index is 0.276. The largest absolute Gasteiger partial charge is 0.371 e. The van der Waals surface area contributed by atoms with E-state index in [1.807, 2.05) is 0 Å². The fourth-order valence-electron chi connectivity index (χ4n) is 2.14. The molecule has 2 heteroatoms. The maximum atomic E-state index is 5.62. The van der Waals surface area contributed by atoms with Crippen LogP contribution < -0.4 is 10.6 Å². The second-order valence-corrected chi connectivity index (χ2v) is 6.30. The molecule has 0 radical (unpaired) electrons. The van der Waals surface area contributed by atoms with E-state index in [2.05, 4.69) is 64.8 Å². The SMILES string of the molecule is Cc1cc(N(C)C(C)C(C)(C)C)ccc1CCN. The molecule has 0 aliphatic carbocycles. The van der Waals surface area contributed by atoms with E-state index in [1.54, 1.807) is 0 Å². The molecule has 102 valence electrons. The zero-order valence-electron chi connectivity index (χ0n) is 12.7. The van der Waals surface area contributed by atoms with E-state index in [0.29, 0.717) is 12.6 Å². The van der Waals surface area contributed by atoms with Gasteiger partial charge in [-0.15, -0.1) is 0 Å². The Balaban J connectivity index is 2.94. The summed E-state index contributed by atoms with van der Waals surface area (Å²) in [6.07, 6.45) is 0.963. The molecule has 0 bridgehead atoms. The molecule has 2 nitrogen and oxygen atoms in total. The summed E-state index contributed by atoms with van der Waals surface area (Å²) in [5.74, 6) is 0. The van der Waals surface area contributed by atoms with E-state index in [4.69, 9.17) is 5.73 Å². The predicted molar refractivity (Wildman–Crippen MR) is 81.3 cm³/mol. The summed E-state index contributed by atoms with van der Waals surface area (Å²) < 4.78 is 0. The van der Waals surface area contributed by atoms with Crippen molar-refractivity contribution in [2.45, 2.75) is 47.1 Å². The van der Waals surface area contributed by atoms with Crippen molar-refractivity contribution in [2.24, 2.45) is 11.1 Å². The Morgan fingerprint density at radius 1 is 1.28 bits per heavy atom. The zero-order chi connectivity index (χ0) is 13.9. The summed E-state index contributed by atoms with van der Waals surface area (Å²) in [6, 6.07) is 7.19. The summed E-state index contributed by atoms with van der Waals surface area (Å²) in [5.41, 5.74) is 9.88. The maximum absolute atomic E-state index is 5.62. The standard InChI is InChI=1S/C16H28N2/c1-12-11-15(8-7-14(12)9-10-17)18(6)13(2)16(3,4)5/h7-8,11,13H,9-10,17H2,1-6H3. The van der Waals surface area contributed by atoms with Crippen LogP contribution >= 0.6 is 0 Å². The molecular formula is C16H28N2. The summed E-state index contributed by atoms with van der Waals surface area (Å²) in [7, 11) is 2.17. The summed E-state index contributed by atoms with van der Waals surface area (Å²) in [6.45, 7) is 12.0. The van der Waals surface area contributed by atoms with Crippen molar-refractivity contribution in [2.75, 3.05) is 18.5 Å². The highest BCUT2D eigenvalue weighted by Crippen LogP contribution is 2.28. The number of hydrogen-bond donors (Lipinski definition) is 1. The van der Waals surface area contributed by atoms with Gasteiger partial charge in [0.15, 0.2) is 0 Å². The Morgan fingerprint density at radius 3 is 2.33 bits per heavy atom. The molecule has 0 aromatic heterocycles. The molecule has 0 saturated carbocycles. The highest BCUT2D eigenvalue weighted by Gasteiger charge is 2.24. The van der Waals surface area contributed by atoms with Crippen molar-refractivity contribution < 1.29 is 0 Å². The maximum Gasteiger partial charge on any atom is 0.0369 e. The first-order valence-corrected chi connectivity index (χ1v) is 6.79. The van der Waals surface area contributed by atoms with Crippen LogP contribution in [0.1, 0.15) is 38.8 Å². The van der Waals surface area contributed by atoms with Crippen LogP contribution in [0.15, 0.2) is 18.2 Å². The molecule has 1 aromatic carbocycles. The number of rotatable bonds is 4. The number of benzene rings is 1. The van der Waals surface area contributed by atoms with E-state index in [-0.39, 0.29) is 5.41 Å². The third-order valence-electron chi connectivity index (χ3n) is 3.98. The fourth-order valence-corrected chi connectivity index (χ4v) is 2.14. The fraction of sp³-hybridized carbons (Fsp3) is 0.625. The smallest absolute Gasteiger partial charge is 0.0369 e. The van der Waals surface area contributed by atoms with Gasteiger partial charge in [0.05, 0.1) is 0 Å². The number of anilines is 1. The van der Waals surface area contributed by atoms with Gasteiger partial charge in [0.1, 0.15) is 0 Å². The van der Waals surface area contributed by atoms with Crippen molar-refractivity contribution in [1.29, 1.82) is 0 Å². The van der Waals surface area contributed by atoms with E-state index in [9.17, 15) is 0 Å². The van der Waals surface area contributed by atoms with Crippen LogP contribution in [0.4, 0.5) is 5.69 Å². The average molecular weight is 248 g/mol. The second kappa shape index (κ2) is 5.75. The molecule has 18 heavy (non-hydrogen) atoms. The highest BCUT2D eigenvalue weighted by molar-refractivity contribution is 5.51. The number of hydrogen-bond acceptors (Lipinski definition) is 2.